The van der Waals surface area contributed by atoms with Crippen molar-refractivity contribution in [2.45, 2.75) is 32.3 Å². The highest BCUT2D eigenvalue weighted by atomic mass is 16.5. The quantitative estimate of drug-likeness (QED) is 0.680. The average molecular weight is 184 g/mol. The highest BCUT2D eigenvalue weighted by Crippen LogP contribution is 2.30. The lowest BCUT2D eigenvalue weighted by Gasteiger charge is -2.31. The van der Waals surface area contributed by atoms with Crippen LogP contribution in [0.25, 0.3) is 0 Å². The summed E-state index contributed by atoms with van der Waals surface area (Å²) >= 11 is 0. The Kier molecular flexibility index (Phi) is 3.51. The second-order valence-electron chi connectivity index (χ2n) is 4.34. The molecule has 76 valence electrons. The topological polar surface area (TPSA) is 29.5 Å². The van der Waals surface area contributed by atoms with Crippen molar-refractivity contribution in [3.05, 3.63) is 12.2 Å². The second-order valence-corrected chi connectivity index (χ2v) is 4.34. The van der Waals surface area contributed by atoms with E-state index in [0.717, 1.165) is 12.8 Å². The van der Waals surface area contributed by atoms with Gasteiger partial charge in [0.1, 0.15) is 5.60 Å². The first-order valence-corrected chi connectivity index (χ1v) is 4.98. The number of aliphatic hydroxyl groups is 1. The molecular formula is C11H20O2. The number of allylic oxidation sites excluding steroid dienone is 1. The summed E-state index contributed by atoms with van der Waals surface area (Å²) in [7, 11) is 1.63. The molecule has 2 atom stereocenters. The summed E-state index contributed by atoms with van der Waals surface area (Å²) in [5.41, 5.74) is -0.708. The van der Waals surface area contributed by atoms with Gasteiger partial charge in [0.05, 0.1) is 6.61 Å². The summed E-state index contributed by atoms with van der Waals surface area (Å²) < 4.78 is 4.98. The molecule has 1 aliphatic rings. The van der Waals surface area contributed by atoms with Crippen molar-refractivity contribution in [1.29, 1.82) is 0 Å². The first-order valence-electron chi connectivity index (χ1n) is 4.98. The van der Waals surface area contributed by atoms with Crippen LogP contribution in [0.15, 0.2) is 12.2 Å². The van der Waals surface area contributed by atoms with Crippen molar-refractivity contribution in [1.82, 2.24) is 0 Å². The Morgan fingerprint density at radius 2 is 2.31 bits per heavy atom. The van der Waals surface area contributed by atoms with E-state index in [2.05, 4.69) is 19.9 Å². The Morgan fingerprint density at radius 3 is 2.69 bits per heavy atom. The fraction of sp³-hybridized carbons (Fsp3) is 0.818. The van der Waals surface area contributed by atoms with Gasteiger partial charge in [0.25, 0.3) is 0 Å². The van der Waals surface area contributed by atoms with Crippen molar-refractivity contribution in [2.75, 3.05) is 13.7 Å². The van der Waals surface area contributed by atoms with E-state index in [1.165, 1.54) is 0 Å². The Labute approximate surface area is 80.6 Å². The Hall–Kier alpha value is -0.340. The molecule has 1 rings (SSSR count). The maximum atomic E-state index is 9.96. The van der Waals surface area contributed by atoms with Gasteiger partial charge in [0, 0.05) is 7.11 Å². The summed E-state index contributed by atoms with van der Waals surface area (Å²) in [6, 6.07) is 0. The van der Waals surface area contributed by atoms with Gasteiger partial charge in [-0.05, 0) is 24.7 Å². The maximum Gasteiger partial charge on any atom is 0.106 e. The summed E-state index contributed by atoms with van der Waals surface area (Å²) in [6.45, 7) is 4.85. The molecular weight excluding hydrogens is 164 g/mol. The van der Waals surface area contributed by atoms with Crippen LogP contribution < -0.4 is 0 Å². The predicted octanol–water partition coefficient (Wildman–Crippen LogP) is 1.99. The van der Waals surface area contributed by atoms with Gasteiger partial charge in [-0.3, -0.25) is 0 Å². The largest absolute Gasteiger partial charge is 0.383 e. The van der Waals surface area contributed by atoms with Crippen LogP contribution in [0.5, 0.6) is 0 Å². The highest BCUT2D eigenvalue weighted by molar-refractivity contribution is 5.08. The molecule has 0 spiro atoms. The zero-order valence-corrected chi connectivity index (χ0v) is 8.79. The molecule has 0 saturated carbocycles. The second kappa shape index (κ2) is 4.25. The SMILES string of the molecule is COCC1(O)C=CC(C(C)C)CC1. The fourth-order valence-electron chi connectivity index (χ4n) is 1.82. The predicted molar refractivity (Wildman–Crippen MR) is 53.5 cm³/mol. The molecule has 0 amide bonds. The summed E-state index contributed by atoms with van der Waals surface area (Å²) in [5, 5.41) is 9.96. The molecule has 0 fully saturated rings. The molecule has 13 heavy (non-hydrogen) atoms. The van der Waals surface area contributed by atoms with Crippen LogP contribution in [0.4, 0.5) is 0 Å². The Balaban J connectivity index is 2.55. The molecule has 1 aliphatic carbocycles. The minimum Gasteiger partial charge on any atom is -0.383 e. The first-order chi connectivity index (χ1) is 6.07. The lowest BCUT2D eigenvalue weighted by Crippen LogP contribution is -2.35. The molecule has 0 aliphatic heterocycles. The van der Waals surface area contributed by atoms with Gasteiger partial charge in [0.2, 0.25) is 0 Å². The standard InChI is InChI=1S/C11H20O2/c1-9(2)10-4-6-11(12,7-5-10)8-13-3/h4,6,9-10,12H,5,7-8H2,1-3H3. The smallest absolute Gasteiger partial charge is 0.106 e. The van der Waals surface area contributed by atoms with Crippen LogP contribution in [-0.2, 0) is 4.74 Å². The molecule has 0 aromatic carbocycles. The van der Waals surface area contributed by atoms with Gasteiger partial charge >= 0.3 is 0 Å². The van der Waals surface area contributed by atoms with Gasteiger partial charge in [-0.1, -0.05) is 26.0 Å². The number of rotatable bonds is 3. The molecule has 0 saturated heterocycles. The van der Waals surface area contributed by atoms with Crippen LogP contribution in [-0.4, -0.2) is 24.4 Å². The van der Waals surface area contributed by atoms with Crippen molar-refractivity contribution in [3.8, 4) is 0 Å². The number of ether oxygens (including phenoxy) is 1. The summed E-state index contributed by atoms with van der Waals surface area (Å²) in [5.74, 6) is 1.29. The molecule has 0 radical (unpaired) electrons. The van der Waals surface area contributed by atoms with Crippen LogP contribution in [0.3, 0.4) is 0 Å². The van der Waals surface area contributed by atoms with Gasteiger partial charge in [-0.15, -0.1) is 0 Å². The lowest BCUT2D eigenvalue weighted by molar-refractivity contribution is -0.00884. The van der Waals surface area contributed by atoms with E-state index < -0.39 is 5.60 Å². The minimum atomic E-state index is -0.708. The average Bonchev–Trinajstić information content (AvgIpc) is 2.05. The zero-order chi connectivity index (χ0) is 9.90. The normalized spacial score (nSPS) is 34.1. The van der Waals surface area contributed by atoms with Gasteiger partial charge in [-0.2, -0.15) is 0 Å². The fourth-order valence-corrected chi connectivity index (χ4v) is 1.82. The Morgan fingerprint density at radius 1 is 1.62 bits per heavy atom. The lowest BCUT2D eigenvalue weighted by atomic mass is 9.80. The van der Waals surface area contributed by atoms with Gasteiger partial charge in [-0.25, -0.2) is 0 Å². The third kappa shape index (κ3) is 2.82. The zero-order valence-electron chi connectivity index (χ0n) is 8.79. The van der Waals surface area contributed by atoms with Gasteiger partial charge in [0.15, 0.2) is 0 Å². The van der Waals surface area contributed by atoms with Crippen molar-refractivity contribution >= 4 is 0 Å². The molecule has 2 heteroatoms. The van der Waals surface area contributed by atoms with E-state index in [1.807, 2.05) is 6.08 Å². The molecule has 0 bridgehead atoms. The number of hydrogen-bond acceptors (Lipinski definition) is 2. The molecule has 1 N–H and O–H groups in total. The van der Waals surface area contributed by atoms with E-state index in [1.54, 1.807) is 7.11 Å². The maximum absolute atomic E-state index is 9.96. The third-order valence-corrected chi connectivity index (χ3v) is 2.81. The van der Waals surface area contributed by atoms with Crippen molar-refractivity contribution in [3.63, 3.8) is 0 Å². The van der Waals surface area contributed by atoms with Gasteiger partial charge < -0.3 is 9.84 Å². The molecule has 0 aromatic rings. The number of methoxy groups -OCH3 is 1. The molecule has 0 heterocycles. The van der Waals surface area contributed by atoms with Crippen molar-refractivity contribution < 1.29 is 9.84 Å². The van der Waals surface area contributed by atoms with E-state index in [9.17, 15) is 5.11 Å². The summed E-state index contributed by atoms with van der Waals surface area (Å²) in [6.07, 6.45) is 5.92. The molecule has 2 nitrogen and oxygen atoms in total. The monoisotopic (exact) mass is 184 g/mol. The molecule has 0 aromatic heterocycles. The minimum absolute atomic E-state index is 0.411. The van der Waals surface area contributed by atoms with Crippen LogP contribution in [0, 0.1) is 11.8 Å². The first kappa shape index (κ1) is 10.7. The van der Waals surface area contributed by atoms with E-state index >= 15 is 0 Å². The van der Waals surface area contributed by atoms with E-state index in [-0.39, 0.29) is 0 Å². The highest BCUT2D eigenvalue weighted by Gasteiger charge is 2.29. The molecule has 2 unspecified atom stereocenters. The van der Waals surface area contributed by atoms with Crippen LogP contribution >= 0.6 is 0 Å². The van der Waals surface area contributed by atoms with Crippen molar-refractivity contribution in [2.24, 2.45) is 11.8 Å². The number of hydrogen-bond donors (Lipinski definition) is 1. The Bertz CT molecular complexity index is 187. The van der Waals surface area contributed by atoms with E-state index in [4.69, 9.17) is 4.74 Å². The third-order valence-electron chi connectivity index (χ3n) is 2.81. The van der Waals surface area contributed by atoms with E-state index in [0.29, 0.717) is 18.4 Å². The van der Waals surface area contributed by atoms with Crippen LogP contribution in [0.2, 0.25) is 0 Å². The summed E-state index contributed by atoms with van der Waals surface area (Å²) in [4.78, 5) is 0. The van der Waals surface area contributed by atoms with Crippen LogP contribution in [0.1, 0.15) is 26.7 Å².